The molecule has 8 aromatic carbocycles. The minimum Gasteiger partial charge on any atom is -0.441 e. The molecule has 0 atom stereocenters. The fourth-order valence-corrected chi connectivity index (χ4v) is 14.9. The third-order valence-corrected chi connectivity index (χ3v) is 19.7. The lowest BCUT2D eigenvalue weighted by molar-refractivity contribution is 0.450. The minimum atomic E-state index is 0.677. The second kappa shape index (κ2) is 40.4. The molecule has 16 rings (SSSR count). The Morgan fingerprint density at radius 2 is 0.827 bits per heavy atom. The molecule has 0 amide bonds. The van der Waals surface area contributed by atoms with Crippen LogP contribution in [0, 0.1) is 82.0 Å². The first kappa shape index (κ1) is 84.5. The van der Waals surface area contributed by atoms with E-state index in [-0.39, 0.29) is 0 Å². The summed E-state index contributed by atoms with van der Waals surface area (Å²) in [6.45, 7) is 45.5. The highest BCUT2D eigenvalue weighted by Gasteiger charge is 2.14. The predicted octanol–water partition coefficient (Wildman–Crippen LogP) is 26.0. The van der Waals surface area contributed by atoms with Gasteiger partial charge in [-0.1, -0.05) is 182 Å². The van der Waals surface area contributed by atoms with Crippen molar-refractivity contribution >= 4 is 87.5 Å². The van der Waals surface area contributed by atoms with Crippen LogP contribution in [-0.2, 0) is 71.3 Å². The van der Waals surface area contributed by atoms with E-state index in [2.05, 4.69) is 286 Å². The van der Waals surface area contributed by atoms with Crippen molar-refractivity contribution in [1.82, 2.24) is 45.2 Å². The molecule has 1 aliphatic carbocycles. The molecule has 14 heteroatoms. The number of fused-ring (bicyclic) bond motifs is 8. The summed E-state index contributed by atoms with van der Waals surface area (Å²) in [5.41, 5.74) is 25.2. The summed E-state index contributed by atoms with van der Waals surface area (Å²) in [4.78, 5) is 13.1. The molecule has 0 saturated carbocycles. The van der Waals surface area contributed by atoms with E-state index in [9.17, 15) is 0 Å². The number of rotatable bonds is 16. The standard InChI is InChI=1S/C13H18.C12H16N2.4C12H15NO.C12H15NS.C11H14N2/c1-10(2)8-11-6-7-12-4-3-5-13(12)9-11;1-9(2)6-10-4-5-12-11(7-10)8-13-14(12)3;1-8(2)6-10-4-5-12-11(7-10)13-9(3)14-12;1-8(2)6-10-4-5-12-11(7-10)9(3)13-14-12;1-8(2)6-10-4-5-11-12(7-10)14-9(3)13-11;1-8(2)6-10-4-5-11-9(3)13-14-12(11)7-10;1-8(2)6-10-4-5-12-11(7-10)13-9(3)14-12;1-8(2)5-9-3-4-11-10(6-9)7-12-13-11/h6-7,9-10H,3-5,8H2,1-2H3;4-5,7-9H,6H2,1-3H3;5*4-5,7-8H,6H2,1-3H3;3-4,6-8H,5H2,1-2H3,(H,12,13). The van der Waals surface area contributed by atoms with Gasteiger partial charge in [0.2, 0.25) is 0 Å². The van der Waals surface area contributed by atoms with Crippen molar-refractivity contribution in [3.8, 4) is 0 Å². The molecule has 0 saturated heterocycles. The van der Waals surface area contributed by atoms with Crippen LogP contribution in [0.1, 0.15) is 201 Å². The van der Waals surface area contributed by atoms with Gasteiger partial charge in [-0.2, -0.15) is 10.2 Å². The van der Waals surface area contributed by atoms with E-state index in [1.165, 1.54) is 91.2 Å². The van der Waals surface area contributed by atoms with Crippen LogP contribution < -0.4 is 0 Å². The quantitative estimate of drug-likeness (QED) is 0.0979. The van der Waals surface area contributed by atoms with Crippen LogP contribution in [-0.4, -0.2) is 45.2 Å². The van der Waals surface area contributed by atoms with E-state index < -0.39 is 0 Å². The Hall–Kier alpha value is -9.53. The Kier molecular flexibility index (Phi) is 31.0. The molecule has 0 fully saturated rings. The highest BCUT2D eigenvalue weighted by molar-refractivity contribution is 7.18. The van der Waals surface area contributed by atoms with Gasteiger partial charge in [0.1, 0.15) is 11.0 Å². The SMILES string of the molecule is CC(C)Cc1ccc2[nH]ncc2c1.CC(C)Cc1ccc2c(c1)CCC2.CC(C)Cc1ccc2c(cnn2C)c1.Cc1nc2cc(CC(C)C)ccc2o1.Cc1nc2cc(CC(C)C)ccc2s1.Cc1nc2ccc(CC(C)C)cc2o1.Cc1noc2cc(CC(C)C)ccc12.Cc1noc2ccc(CC(C)C)cc12. The third kappa shape index (κ3) is 26.1. The van der Waals surface area contributed by atoms with Crippen molar-refractivity contribution in [3.05, 3.63) is 242 Å². The number of aryl methyl sites for hydroxylation is 8. The Bertz CT molecular complexity index is 4990. The molecule has 0 bridgehead atoms. The predicted molar refractivity (Wildman–Crippen MR) is 463 cm³/mol. The number of aromatic nitrogens is 9. The molecule has 0 unspecified atom stereocenters. The van der Waals surface area contributed by atoms with Crippen LogP contribution in [0.4, 0.5) is 0 Å². The number of oxazole rings is 2. The van der Waals surface area contributed by atoms with Crippen molar-refractivity contribution in [2.24, 2.45) is 54.4 Å². The van der Waals surface area contributed by atoms with Gasteiger partial charge >= 0.3 is 0 Å². The minimum absolute atomic E-state index is 0.677. The van der Waals surface area contributed by atoms with E-state index >= 15 is 0 Å². The van der Waals surface area contributed by atoms with Gasteiger partial charge < -0.3 is 17.9 Å². The van der Waals surface area contributed by atoms with Crippen LogP contribution in [0.15, 0.2) is 176 Å². The normalized spacial score (nSPS) is 11.8. The largest absolute Gasteiger partial charge is 0.441 e. The first-order chi connectivity index (χ1) is 52.4. The summed E-state index contributed by atoms with van der Waals surface area (Å²) < 4.78 is 24.5. The summed E-state index contributed by atoms with van der Waals surface area (Å²) in [7, 11) is 1.98. The topological polar surface area (TPSA) is 164 Å². The molecular formula is C96H123N9O4S. The first-order valence-electron chi connectivity index (χ1n) is 40.2. The monoisotopic (exact) mass is 1500 g/mol. The summed E-state index contributed by atoms with van der Waals surface area (Å²) in [6.07, 6.45) is 16.8. The van der Waals surface area contributed by atoms with Gasteiger partial charge in [-0.25, -0.2) is 15.0 Å². The van der Waals surface area contributed by atoms with E-state index in [0.29, 0.717) is 41.4 Å². The second-order valence-electron chi connectivity index (χ2n) is 33.5. The molecule has 15 aromatic rings. The number of thiazole rings is 1. The molecule has 7 aromatic heterocycles. The van der Waals surface area contributed by atoms with Crippen LogP contribution in [0.3, 0.4) is 0 Å². The zero-order valence-corrected chi connectivity index (χ0v) is 70.8. The molecule has 582 valence electrons. The smallest absolute Gasteiger partial charge is 0.192 e. The Morgan fingerprint density at radius 3 is 1.44 bits per heavy atom. The number of aromatic amines is 1. The van der Waals surface area contributed by atoms with Crippen LogP contribution in [0.25, 0.3) is 76.2 Å². The number of H-pyrrole nitrogens is 1. The zero-order chi connectivity index (χ0) is 79.3. The van der Waals surface area contributed by atoms with Crippen LogP contribution in [0.2, 0.25) is 0 Å². The van der Waals surface area contributed by atoms with Crippen molar-refractivity contribution in [2.75, 3.05) is 0 Å². The van der Waals surface area contributed by atoms with Gasteiger partial charge in [0.25, 0.3) is 0 Å². The summed E-state index contributed by atoms with van der Waals surface area (Å²) in [5.74, 6) is 7.12. The van der Waals surface area contributed by atoms with Gasteiger partial charge in [0, 0.05) is 42.4 Å². The van der Waals surface area contributed by atoms with E-state index in [4.69, 9.17) is 17.9 Å². The maximum absolute atomic E-state index is 5.48. The van der Waals surface area contributed by atoms with E-state index in [1.54, 1.807) is 22.5 Å². The highest BCUT2D eigenvalue weighted by Crippen LogP contribution is 2.28. The third-order valence-electron chi connectivity index (χ3n) is 18.7. The van der Waals surface area contributed by atoms with Gasteiger partial charge in [-0.15, -0.1) is 11.3 Å². The van der Waals surface area contributed by atoms with Gasteiger partial charge in [0.05, 0.1) is 50.0 Å². The molecule has 0 aliphatic heterocycles. The second-order valence-corrected chi connectivity index (χ2v) is 34.7. The summed E-state index contributed by atoms with van der Waals surface area (Å²) in [6, 6.07) is 51.9. The lowest BCUT2D eigenvalue weighted by Gasteiger charge is -2.07. The molecule has 0 radical (unpaired) electrons. The number of hydrogen-bond acceptors (Lipinski definition) is 12. The Labute approximate surface area is 658 Å². The van der Waals surface area contributed by atoms with Crippen LogP contribution >= 0.6 is 11.3 Å². The Morgan fingerprint density at radius 1 is 0.382 bits per heavy atom. The summed E-state index contributed by atoms with van der Waals surface area (Å²) >= 11 is 1.77. The number of nitrogens with one attached hydrogen (secondary N) is 1. The average molecular weight is 1500 g/mol. The van der Waals surface area contributed by atoms with Gasteiger partial charge in [-0.05, 0) is 279 Å². The van der Waals surface area contributed by atoms with E-state index in [0.717, 1.165) is 134 Å². The average Bonchev–Trinajstić information content (AvgIpc) is 1.75. The highest BCUT2D eigenvalue weighted by atomic mass is 32.1. The van der Waals surface area contributed by atoms with Gasteiger partial charge in [-0.3, -0.25) is 9.78 Å². The maximum Gasteiger partial charge on any atom is 0.192 e. The van der Waals surface area contributed by atoms with Crippen molar-refractivity contribution < 1.29 is 17.9 Å². The molecule has 110 heavy (non-hydrogen) atoms. The number of benzene rings is 8. The lowest BCUT2D eigenvalue weighted by Crippen LogP contribution is -1.95. The van der Waals surface area contributed by atoms with Gasteiger partial charge in [0.15, 0.2) is 34.1 Å². The zero-order valence-electron chi connectivity index (χ0n) is 70.0. The van der Waals surface area contributed by atoms with Crippen molar-refractivity contribution in [3.63, 3.8) is 0 Å². The molecular weight excluding hydrogens is 1380 g/mol. The van der Waals surface area contributed by atoms with Crippen molar-refractivity contribution in [2.45, 2.75) is 216 Å². The van der Waals surface area contributed by atoms with E-state index in [1.807, 2.05) is 70.0 Å². The number of nitrogens with zero attached hydrogens (tertiary/aromatic N) is 8. The molecule has 1 aliphatic rings. The summed E-state index contributed by atoms with van der Waals surface area (Å²) in [5, 5.41) is 24.9. The molecule has 1 N–H and O–H groups in total. The molecule has 7 heterocycles. The first-order valence-corrected chi connectivity index (χ1v) is 41.0. The fourth-order valence-electron chi connectivity index (χ4n) is 14.1. The molecule has 0 spiro atoms. The molecule has 13 nitrogen and oxygen atoms in total. The number of hydrogen-bond donors (Lipinski definition) is 1. The Balaban J connectivity index is 0.000000145. The van der Waals surface area contributed by atoms with Crippen molar-refractivity contribution in [1.29, 1.82) is 0 Å². The van der Waals surface area contributed by atoms with Crippen LogP contribution in [0.5, 0.6) is 0 Å². The maximum atomic E-state index is 5.48. The fraction of sp³-hybridized carbons (Fsp3) is 0.427. The lowest BCUT2D eigenvalue weighted by atomic mass is 9.99.